The van der Waals surface area contributed by atoms with Crippen molar-refractivity contribution >= 4 is 67.0 Å². The molecule has 0 amide bonds. The lowest BCUT2D eigenvalue weighted by atomic mass is 10.00. The summed E-state index contributed by atoms with van der Waals surface area (Å²) >= 11 is 6.53. The third-order valence-corrected chi connectivity index (χ3v) is 9.95. The lowest BCUT2D eigenvalue weighted by molar-refractivity contribution is 0.0982. The SMILES string of the molecule is CNc1cc(N2CCC(N3CCN(C)CC3)CC2)c(C)cc1Nc1ncc(Cl)c(Nc2ccc3nccnc3c2CS(C)(=O)=O)n1. The van der Waals surface area contributed by atoms with E-state index in [1.165, 1.54) is 31.0 Å². The molecule has 12 nitrogen and oxygen atoms in total. The number of anilines is 6. The van der Waals surface area contributed by atoms with Gasteiger partial charge in [0.25, 0.3) is 0 Å². The maximum Gasteiger partial charge on any atom is 0.229 e. The molecule has 4 heterocycles. The molecule has 0 aliphatic carbocycles. The first kappa shape index (κ1) is 32.2. The minimum absolute atomic E-state index is 0.218. The van der Waals surface area contributed by atoms with E-state index < -0.39 is 9.84 Å². The lowest BCUT2D eigenvalue weighted by Crippen LogP contribution is -2.52. The molecule has 14 heteroatoms. The van der Waals surface area contributed by atoms with Crippen LogP contribution in [0.15, 0.2) is 42.9 Å². The molecule has 0 spiro atoms. The summed E-state index contributed by atoms with van der Waals surface area (Å²) in [4.78, 5) is 25.4. The van der Waals surface area contributed by atoms with E-state index in [4.69, 9.17) is 11.6 Å². The molecule has 3 N–H and O–H groups in total. The smallest absolute Gasteiger partial charge is 0.229 e. The Morgan fingerprint density at radius 3 is 2.39 bits per heavy atom. The molecule has 2 fully saturated rings. The van der Waals surface area contributed by atoms with Gasteiger partial charge in [0.2, 0.25) is 5.95 Å². The van der Waals surface area contributed by atoms with Gasteiger partial charge >= 0.3 is 0 Å². The van der Waals surface area contributed by atoms with Crippen molar-refractivity contribution in [3.8, 4) is 0 Å². The first-order valence-corrected chi connectivity index (χ1v) is 18.0. The van der Waals surface area contributed by atoms with E-state index in [9.17, 15) is 8.42 Å². The zero-order valence-electron chi connectivity index (χ0n) is 26.7. The lowest BCUT2D eigenvalue weighted by Gasteiger charge is -2.43. The zero-order valence-corrected chi connectivity index (χ0v) is 28.3. The predicted octanol–water partition coefficient (Wildman–Crippen LogP) is 4.67. The highest BCUT2D eigenvalue weighted by molar-refractivity contribution is 7.89. The van der Waals surface area contributed by atoms with Gasteiger partial charge in [-0.1, -0.05) is 11.6 Å². The summed E-state index contributed by atoms with van der Waals surface area (Å²) in [7, 11) is 0.733. The number of aromatic nitrogens is 4. The molecule has 0 atom stereocenters. The molecule has 4 aromatic rings. The Morgan fingerprint density at radius 2 is 1.67 bits per heavy atom. The van der Waals surface area contributed by atoms with Gasteiger partial charge in [-0.05, 0) is 56.6 Å². The first-order valence-electron chi connectivity index (χ1n) is 15.5. The van der Waals surface area contributed by atoms with Crippen LogP contribution < -0.4 is 20.9 Å². The van der Waals surface area contributed by atoms with E-state index in [2.05, 4.69) is 76.7 Å². The fraction of sp³-hybridized carbons (Fsp3) is 0.438. The molecule has 6 rings (SSSR count). The quantitative estimate of drug-likeness (QED) is 0.230. The molecular formula is C32H41ClN10O2S. The van der Waals surface area contributed by atoms with Gasteiger partial charge in [-0.3, -0.25) is 14.9 Å². The number of likely N-dealkylation sites (N-methyl/N-ethyl adjacent to an activating group) is 1. The molecule has 2 aliphatic heterocycles. The van der Waals surface area contributed by atoms with Crippen molar-refractivity contribution in [1.82, 2.24) is 29.7 Å². The van der Waals surface area contributed by atoms with E-state index in [1.807, 2.05) is 7.05 Å². The number of rotatable bonds is 9. The van der Waals surface area contributed by atoms with Crippen molar-refractivity contribution in [1.29, 1.82) is 0 Å². The number of fused-ring (bicyclic) bond motifs is 1. The van der Waals surface area contributed by atoms with Crippen LogP contribution in [0.1, 0.15) is 24.0 Å². The number of piperidine rings is 1. The third kappa shape index (κ3) is 7.27. The fourth-order valence-corrected chi connectivity index (χ4v) is 7.34. The van der Waals surface area contributed by atoms with Gasteiger partial charge in [-0.15, -0.1) is 0 Å². The van der Waals surface area contributed by atoms with Crippen molar-refractivity contribution in [2.45, 2.75) is 31.6 Å². The molecule has 2 aromatic heterocycles. The standard InChI is InChI=1S/C32H41ClN10O2S/c1-21-17-28(27(34-2)18-29(21)43-11-7-22(8-12-43)42-15-13-41(3)14-16-42)39-32-37-19-24(33)31(40-32)38-25-5-6-26-30(36-10-9-35-26)23(25)20-46(4,44)45/h5-6,9-10,17-19,22,34H,7-8,11-16,20H2,1-4H3,(H2,37,38,39,40). The zero-order chi connectivity index (χ0) is 32.4. The van der Waals surface area contributed by atoms with Gasteiger partial charge in [-0.25, -0.2) is 13.4 Å². The van der Waals surface area contributed by atoms with Crippen LogP contribution in [0.25, 0.3) is 11.0 Å². The predicted molar refractivity (Wildman–Crippen MR) is 187 cm³/mol. The molecule has 0 saturated carbocycles. The summed E-state index contributed by atoms with van der Waals surface area (Å²) in [6, 6.07) is 8.51. The maximum atomic E-state index is 12.3. The number of hydrogen-bond donors (Lipinski definition) is 3. The van der Waals surface area contributed by atoms with Gasteiger partial charge in [0, 0.05) is 87.9 Å². The molecule has 46 heavy (non-hydrogen) atoms. The molecule has 0 radical (unpaired) electrons. The highest BCUT2D eigenvalue weighted by Crippen LogP contribution is 2.36. The molecule has 244 valence electrons. The topological polar surface area (TPSA) is 132 Å². The summed E-state index contributed by atoms with van der Waals surface area (Å²) in [5.41, 5.74) is 6.27. The summed E-state index contributed by atoms with van der Waals surface area (Å²) in [5.74, 6) is 0.456. The second-order valence-electron chi connectivity index (χ2n) is 12.2. The number of nitrogens with one attached hydrogen (secondary N) is 3. The molecule has 0 unspecified atom stereocenters. The monoisotopic (exact) mass is 664 g/mol. The Hall–Kier alpha value is -3.78. The van der Waals surface area contributed by atoms with Crippen LogP contribution >= 0.6 is 11.6 Å². The number of sulfone groups is 1. The van der Waals surface area contributed by atoms with Crippen LogP contribution in [0.3, 0.4) is 0 Å². The largest absolute Gasteiger partial charge is 0.386 e. The van der Waals surface area contributed by atoms with Crippen LogP contribution in [0.2, 0.25) is 5.02 Å². The van der Waals surface area contributed by atoms with Crippen molar-refractivity contribution in [3.63, 3.8) is 0 Å². The van der Waals surface area contributed by atoms with Crippen molar-refractivity contribution in [3.05, 3.63) is 59.0 Å². The van der Waals surface area contributed by atoms with Crippen molar-refractivity contribution in [2.24, 2.45) is 0 Å². The van der Waals surface area contributed by atoms with Gasteiger partial charge < -0.3 is 25.8 Å². The second kappa shape index (κ2) is 13.5. The normalized spacial score (nSPS) is 16.9. The van der Waals surface area contributed by atoms with Gasteiger partial charge in [0.05, 0.1) is 34.4 Å². The average Bonchev–Trinajstić information content (AvgIpc) is 3.04. The number of aryl methyl sites for hydroxylation is 1. The van der Waals surface area contributed by atoms with Gasteiger partial charge in [0.1, 0.15) is 5.02 Å². The molecule has 0 bridgehead atoms. The van der Waals surface area contributed by atoms with Crippen LogP contribution in [-0.4, -0.2) is 104 Å². The van der Waals surface area contributed by atoms with E-state index in [0.29, 0.717) is 40.1 Å². The average molecular weight is 665 g/mol. The summed E-state index contributed by atoms with van der Waals surface area (Å²) < 4.78 is 24.7. The van der Waals surface area contributed by atoms with E-state index in [0.717, 1.165) is 56.2 Å². The summed E-state index contributed by atoms with van der Waals surface area (Å²) in [5, 5.41) is 10.2. The van der Waals surface area contributed by atoms with E-state index in [-0.39, 0.29) is 10.8 Å². The Labute approximate surface area is 275 Å². The highest BCUT2D eigenvalue weighted by atomic mass is 35.5. The van der Waals surface area contributed by atoms with Gasteiger partial charge in [0.15, 0.2) is 15.7 Å². The fourth-order valence-electron chi connectivity index (χ4n) is 6.39. The second-order valence-corrected chi connectivity index (χ2v) is 14.8. The van der Waals surface area contributed by atoms with Crippen LogP contribution in [0, 0.1) is 6.92 Å². The Bertz CT molecular complexity index is 1820. The first-order chi connectivity index (χ1) is 22.1. The Balaban J connectivity index is 1.20. The number of piperazine rings is 1. The minimum Gasteiger partial charge on any atom is -0.386 e. The third-order valence-electron chi connectivity index (χ3n) is 8.86. The maximum absolute atomic E-state index is 12.3. The minimum atomic E-state index is -3.38. The van der Waals surface area contributed by atoms with E-state index >= 15 is 0 Å². The number of benzene rings is 2. The number of halogens is 1. The van der Waals surface area contributed by atoms with Crippen LogP contribution in [-0.2, 0) is 15.6 Å². The summed E-state index contributed by atoms with van der Waals surface area (Å²) in [6.07, 6.45) is 8.16. The molecular weight excluding hydrogens is 624 g/mol. The number of nitrogens with zero attached hydrogens (tertiary/aromatic N) is 7. The Kier molecular flexibility index (Phi) is 9.46. The molecule has 2 aromatic carbocycles. The van der Waals surface area contributed by atoms with E-state index in [1.54, 1.807) is 24.5 Å². The van der Waals surface area contributed by atoms with Crippen molar-refractivity contribution in [2.75, 3.05) is 80.5 Å². The van der Waals surface area contributed by atoms with Gasteiger partial charge in [-0.2, -0.15) is 4.98 Å². The highest BCUT2D eigenvalue weighted by Gasteiger charge is 2.27. The Morgan fingerprint density at radius 1 is 0.935 bits per heavy atom. The number of hydrogen-bond acceptors (Lipinski definition) is 12. The summed E-state index contributed by atoms with van der Waals surface area (Å²) in [6.45, 7) is 8.82. The van der Waals surface area contributed by atoms with Crippen LogP contribution in [0.4, 0.5) is 34.5 Å². The van der Waals surface area contributed by atoms with Crippen LogP contribution in [0.5, 0.6) is 0 Å². The van der Waals surface area contributed by atoms with Crippen molar-refractivity contribution < 1.29 is 8.42 Å². The molecule has 2 aliphatic rings. The molecule has 2 saturated heterocycles.